The molecular weight excluding hydrogens is 461 g/mol. The van der Waals surface area contributed by atoms with Crippen LogP contribution in [0.3, 0.4) is 0 Å². The molecule has 6 heteroatoms. The van der Waals surface area contributed by atoms with Gasteiger partial charge in [0.2, 0.25) is 0 Å². The van der Waals surface area contributed by atoms with E-state index in [0.29, 0.717) is 0 Å². The van der Waals surface area contributed by atoms with Crippen molar-refractivity contribution >= 4 is 50.6 Å². The summed E-state index contributed by atoms with van der Waals surface area (Å²) >= 11 is 3.57. The normalized spacial score (nSPS) is 12.0. The van der Waals surface area contributed by atoms with Crippen LogP contribution >= 0.6 is 23.5 Å². The number of hydrogen-bond donors (Lipinski definition) is 2. The Morgan fingerprint density at radius 2 is 1.43 bits per heavy atom. The quantitative estimate of drug-likeness (QED) is 0.312. The molecular formula is C24H17BrNO3P. The van der Waals surface area contributed by atoms with E-state index in [1.54, 1.807) is 12.1 Å². The molecule has 0 fully saturated rings. The van der Waals surface area contributed by atoms with Gasteiger partial charge in [-0.2, -0.15) is 0 Å². The molecule has 4 nitrogen and oxygen atoms in total. The summed E-state index contributed by atoms with van der Waals surface area (Å²) in [6.07, 6.45) is 0. The Morgan fingerprint density at radius 1 is 0.700 bits per heavy atom. The summed E-state index contributed by atoms with van der Waals surface area (Å²) in [4.78, 5) is 18.9. The Labute approximate surface area is 181 Å². The molecule has 0 spiro atoms. The lowest BCUT2D eigenvalue weighted by atomic mass is 10.1. The summed E-state index contributed by atoms with van der Waals surface area (Å²) in [5, 5.41) is 2.39. The molecule has 5 aromatic rings. The smallest absolute Gasteiger partial charge is 0.321 e. The van der Waals surface area contributed by atoms with E-state index < -0.39 is 7.60 Å². The van der Waals surface area contributed by atoms with Crippen LogP contribution in [0.1, 0.15) is 0 Å². The van der Waals surface area contributed by atoms with Gasteiger partial charge < -0.3 is 14.4 Å². The molecule has 2 N–H and O–H groups in total. The molecule has 4 aromatic carbocycles. The SMILES string of the molecule is O=P(O)(O)c1cccc(-c2ccc(-n3c4ccccc4c4cc(Br)ccc43)cc2)c1. The number of nitrogens with zero attached hydrogens (tertiary/aromatic N) is 1. The van der Waals surface area contributed by atoms with Gasteiger partial charge in [0.1, 0.15) is 0 Å². The standard InChI is InChI=1S/C24H17BrNO3P/c25-18-10-13-24-22(15-18)21-6-1-2-7-23(21)26(24)19-11-8-16(9-12-19)17-4-3-5-20(14-17)30(27,28)29/h1-15H,(H2,27,28,29). The van der Waals surface area contributed by atoms with Gasteiger partial charge in [0.15, 0.2) is 0 Å². The summed E-state index contributed by atoms with van der Waals surface area (Å²) in [7, 11) is -4.28. The third-order valence-corrected chi connectivity index (χ3v) is 6.72. The maximum atomic E-state index is 11.6. The zero-order valence-electron chi connectivity index (χ0n) is 15.7. The van der Waals surface area contributed by atoms with Crippen molar-refractivity contribution in [3.05, 3.63) is 95.5 Å². The Hall–Kier alpha value is -2.69. The number of halogens is 1. The van der Waals surface area contributed by atoms with Gasteiger partial charge in [0.25, 0.3) is 0 Å². The minimum atomic E-state index is -4.28. The first-order valence-corrected chi connectivity index (χ1v) is 11.8. The second kappa shape index (κ2) is 7.22. The first-order valence-electron chi connectivity index (χ1n) is 9.37. The third kappa shape index (κ3) is 3.30. The van der Waals surface area contributed by atoms with Crippen LogP contribution in [0.15, 0.2) is 95.5 Å². The number of para-hydroxylation sites is 1. The van der Waals surface area contributed by atoms with Crippen molar-refractivity contribution in [3.63, 3.8) is 0 Å². The Kier molecular flexibility index (Phi) is 4.64. The predicted octanol–water partition coefficient (Wildman–Crippen LogP) is 6.02. The minimum Gasteiger partial charge on any atom is -0.321 e. The van der Waals surface area contributed by atoms with Gasteiger partial charge in [-0.1, -0.05) is 58.4 Å². The van der Waals surface area contributed by atoms with Crippen LogP contribution < -0.4 is 5.30 Å². The number of benzene rings is 4. The van der Waals surface area contributed by atoms with E-state index in [2.05, 4.69) is 44.8 Å². The molecule has 30 heavy (non-hydrogen) atoms. The van der Waals surface area contributed by atoms with Crippen molar-refractivity contribution in [2.75, 3.05) is 0 Å². The van der Waals surface area contributed by atoms with Crippen molar-refractivity contribution in [2.45, 2.75) is 0 Å². The highest BCUT2D eigenvalue weighted by Crippen LogP contribution is 2.36. The molecule has 148 valence electrons. The predicted molar refractivity (Wildman–Crippen MR) is 126 cm³/mol. The number of rotatable bonds is 3. The van der Waals surface area contributed by atoms with E-state index in [1.807, 2.05) is 48.5 Å². The molecule has 0 amide bonds. The largest absolute Gasteiger partial charge is 0.356 e. The van der Waals surface area contributed by atoms with Crippen molar-refractivity contribution in [1.29, 1.82) is 0 Å². The number of aromatic nitrogens is 1. The second-order valence-electron chi connectivity index (χ2n) is 7.16. The van der Waals surface area contributed by atoms with Gasteiger partial charge in [-0.05, 0) is 59.7 Å². The fourth-order valence-corrected chi connectivity index (χ4v) is 4.84. The van der Waals surface area contributed by atoms with Crippen LogP contribution in [0.4, 0.5) is 0 Å². The summed E-state index contributed by atoms with van der Waals surface area (Å²) in [6, 6.07) is 29.2. The minimum absolute atomic E-state index is 0.0250. The lowest BCUT2D eigenvalue weighted by Crippen LogP contribution is -2.03. The second-order valence-corrected chi connectivity index (χ2v) is 9.68. The molecule has 0 aliphatic carbocycles. The lowest BCUT2D eigenvalue weighted by molar-refractivity contribution is 0.387. The summed E-state index contributed by atoms with van der Waals surface area (Å²) < 4.78 is 14.9. The van der Waals surface area contributed by atoms with Crippen molar-refractivity contribution in [1.82, 2.24) is 4.57 Å². The highest BCUT2D eigenvalue weighted by Gasteiger charge is 2.17. The van der Waals surface area contributed by atoms with Crippen LogP contribution in [-0.2, 0) is 4.57 Å². The molecule has 1 aromatic heterocycles. The molecule has 5 rings (SSSR count). The highest BCUT2D eigenvalue weighted by atomic mass is 79.9. The maximum Gasteiger partial charge on any atom is 0.356 e. The van der Waals surface area contributed by atoms with E-state index in [0.717, 1.165) is 32.3 Å². The number of hydrogen-bond acceptors (Lipinski definition) is 1. The van der Waals surface area contributed by atoms with E-state index in [9.17, 15) is 14.4 Å². The molecule has 1 heterocycles. The van der Waals surface area contributed by atoms with Crippen molar-refractivity contribution in [3.8, 4) is 16.8 Å². The average molecular weight is 478 g/mol. The van der Waals surface area contributed by atoms with Crippen LogP contribution in [0, 0.1) is 0 Å². The van der Waals surface area contributed by atoms with Crippen molar-refractivity contribution in [2.24, 2.45) is 0 Å². The zero-order valence-corrected chi connectivity index (χ0v) is 18.2. The average Bonchev–Trinajstić information content (AvgIpc) is 3.07. The summed E-state index contributed by atoms with van der Waals surface area (Å²) in [5.41, 5.74) is 4.95. The Balaban J connectivity index is 1.65. The first-order chi connectivity index (χ1) is 14.4. The molecule has 0 aliphatic heterocycles. The monoisotopic (exact) mass is 477 g/mol. The zero-order chi connectivity index (χ0) is 20.9. The van der Waals surface area contributed by atoms with Gasteiger partial charge in [0, 0.05) is 20.9 Å². The lowest BCUT2D eigenvalue weighted by Gasteiger charge is -2.10. The van der Waals surface area contributed by atoms with Crippen LogP contribution in [0.2, 0.25) is 0 Å². The van der Waals surface area contributed by atoms with Gasteiger partial charge in [-0.15, -0.1) is 0 Å². The molecule has 0 atom stereocenters. The van der Waals surface area contributed by atoms with Gasteiger partial charge in [-0.3, -0.25) is 4.57 Å². The molecule has 0 saturated carbocycles. The Bertz CT molecular complexity index is 1450. The van der Waals surface area contributed by atoms with Crippen molar-refractivity contribution < 1.29 is 14.4 Å². The molecule has 0 radical (unpaired) electrons. The fraction of sp³-hybridized carbons (Fsp3) is 0. The topological polar surface area (TPSA) is 62.5 Å². The summed E-state index contributed by atoms with van der Waals surface area (Å²) in [5.74, 6) is 0. The summed E-state index contributed by atoms with van der Waals surface area (Å²) in [6.45, 7) is 0. The van der Waals surface area contributed by atoms with E-state index in [-0.39, 0.29) is 5.30 Å². The maximum absolute atomic E-state index is 11.6. The van der Waals surface area contributed by atoms with Gasteiger partial charge in [-0.25, -0.2) is 0 Å². The van der Waals surface area contributed by atoms with Gasteiger partial charge in [0.05, 0.1) is 16.3 Å². The molecule has 0 saturated heterocycles. The van der Waals surface area contributed by atoms with Gasteiger partial charge >= 0.3 is 7.60 Å². The molecule has 0 aliphatic rings. The van der Waals surface area contributed by atoms with E-state index in [4.69, 9.17) is 0 Å². The fourth-order valence-electron chi connectivity index (χ4n) is 3.89. The third-order valence-electron chi connectivity index (χ3n) is 5.28. The first kappa shape index (κ1) is 19.3. The van der Waals surface area contributed by atoms with Crippen LogP contribution in [-0.4, -0.2) is 14.4 Å². The van der Waals surface area contributed by atoms with Crippen LogP contribution in [0.5, 0.6) is 0 Å². The van der Waals surface area contributed by atoms with E-state index in [1.165, 1.54) is 16.8 Å². The number of fused-ring (bicyclic) bond motifs is 3. The van der Waals surface area contributed by atoms with E-state index >= 15 is 0 Å². The molecule has 0 unspecified atom stereocenters. The highest BCUT2D eigenvalue weighted by molar-refractivity contribution is 9.10. The molecule has 0 bridgehead atoms. The Morgan fingerprint density at radius 3 is 2.20 bits per heavy atom. The van der Waals surface area contributed by atoms with Crippen LogP contribution in [0.25, 0.3) is 38.6 Å².